The molecule has 0 spiro atoms. The third-order valence-electron chi connectivity index (χ3n) is 4.10. The number of nitrogens with zero attached hydrogens (tertiary/aromatic N) is 2. The van der Waals surface area contributed by atoms with Gasteiger partial charge in [0.25, 0.3) is 0 Å². The second-order valence-corrected chi connectivity index (χ2v) is 7.44. The van der Waals surface area contributed by atoms with Crippen LogP contribution in [0, 0.1) is 17.2 Å². The highest BCUT2D eigenvalue weighted by Gasteiger charge is 2.31. The number of allylic oxidation sites excluding steroid dienone is 3. The maximum absolute atomic E-state index is 12.2. The Kier molecular flexibility index (Phi) is 7.45. The molecule has 0 aromatic carbocycles. The average molecular weight is 405 g/mol. The van der Waals surface area contributed by atoms with Gasteiger partial charge in [-0.2, -0.15) is 5.26 Å². The summed E-state index contributed by atoms with van der Waals surface area (Å²) in [6, 6.07) is 5.57. The molecular formula is C19H21ClN4O2S. The van der Waals surface area contributed by atoms with E-state index in [-0.39, 0.29) is 28.5 Å². The number of carbonyl (C=O) groups excluding carboxylic acids is 2. The number of nitrogens with one attached hydrogen (secondary N) is 2. The minimum absolute atomic E-state index is 0.0424. The van der Waals surface area contributed by atoms with E-state index in [0.29, 0.717) is 28.3 Å². The Morgan fingerprint density at radius 3 is 2.81 bits per heavy atom. The highest BCUT2D eigenvalue weighted by atomic mass is 35.5. The molecule has 1 atom stereocenters. The number of anilines is 1. The Morgan fingerprint density at radius 2 is 2.22 bits per heavy atom. The van der Waals surface area contributed by atoms with Crippen LogP contribution in [-0.2, 0) is 9.59 Å². The summed E-state index contributed by atoms with van der Waals surface area (Å²) < 4.78 is 0. The first-order valence-corrected chi connectivity index (χ1v) is 9.91. The fourth-order valence-corrected chi connectivity index (χ4v) is 4.08. The van der Waals surface area contributed by atoms with E-state index < -0.39 is 0 Å². The number of pyridine rings is 1. The van der Waals surface area contributed by atoms with Crippen LogP contribution in [0.4, 0.5) is 5.69 Å². The number of hydrogen-bond donors (Lipinski definition) is 2. The van der Waals surface area contributed by atoms with Crippen LogP contribution in [0.2, 0.25) is 5.15 Å². The monoisotopic (exact) mass is 404 g/mol. The number of rotatable bonds is 7. The number of carbonyl (C=O) groups is 2. The Hall–Kier alpha value is -2.30. The van der Waals surface area contributed by atoms with Gasteiger partial charge in [0, 0.05) is 23.4 Å². The topological polar surface area (TPSA) is 94.9 Å². The van der Waals surface area contributed by atoms with Crippen molar-refractivity contribution in [3.8, 4) is 6.07 Å². The summed E-state index contributed by atoms with van der Waals surface area (Å²) in [4.78, 5) is 28.2. The van der Waals surface area contributed by atoms with Crippen LogP contribution in [0.25, 0.3) is 0 Å². The van der Waals surface area contributed by atoms with Crippen molar-refractivity contribution in [1.82, 2.24) is 10.3 Å². The molecular weight excluding hydrogens is 384 g/mol. The summed E-state index contributed by atoms with van der Waals surface area (Å²) in [7, 11) is 0. The molecule has 0 radical (unpaired) electrons. The Bertz CT molecular complexity index is 858. The Balaban J connectivity index is 2.15. The zero-order chi connectivity index (χ0) is 20.0. The number of ketones is 1. The van der Waals surface area contributed by atoms with Gasteiger partial charge < -0.3 is 10.6 Å². The van der Waals surface area contributed by atoms with E-state index in [0.717, 1.165) is 12.1 Å². The fourth-order valence-electron chi connectivity index (χ4n) is 3.00. The SMILES string of the molecule is CCCC1C(C#N)=C(SCC(=O)Nc2cccnc2Cl)NC(C)=C1C(C)=O. The molecule has 2 heterocycles. The van der Waals surface area contributed by atoms with Crippen molar-refractivity contribution < 1.29 is 9.59 Å². The van der Waals surface area contributed by atoms with E-state index in [1.165, 1.54) is 24.9 Å². The largest absolute Gasteiger partial charge is 0.353 e. The van der Waals surface area contributed by atoms with Crippen molar-refractivity contribution in [3.05, 3.63) is 45.4 Å². The average Bonchev–Trinajstić information content (AvgIpc) is 2.61. The molecule has 1 aromatic rings. The molecule has 0 saturated heterocycles. The highest BCUT2D eigenvalue weighted by Crippen LogP contribution is 2.36. The molecule has 0 saturated carbocycles. The lowest BCUT2D eigenvalue weighted by Gasteiger charge is -2.28. The van der Waals surface area contributed by atoms with Crippen molar-refractivity contribution in [1.29, 1.82) is 5.26 Å². The van der Waals surface area contributed by atoms with Gasteiger partial charge in [-0.25, -0.2) is 4.98 Å². The summed E-state index contributed by atoms with van der Waals surface area (Å²) in [6.45, 7) is 5.35. The Morgan fingerprint density at radius 1 is 1.48 bits per heavy atom. The number of aromatic nitrogens is 1. The summed E-state index contributed by atoms with van der Waals surface area (Å²) >= 11 is 7.18. The molecule has 8 heteroatoms. The van der Waals surface area contributed by atoms with Gasteiger partial charge in [0.1, 0.15) is 0 Å². The standard InChI is InChI=1S/C19H21ClN4O2S/c1-4-6-13-14(9-21)19(23-11(2)17(13)12(3)25)27-10-16(26)24-15-7-5-8-22-18(15)20/h5,7-8,13,23H,4,6,10H2,1-3H3,(H,24,26). The molecule has 2 rings (SSSR count). The van der Waals surface area contributed by atoms with Crippen LogP contribution in [-0.4, -0.2) is 22.4 Å². The van der Waals surface area contributed by atoms with Gasteiger partial charge in [-0.1, -0.05) is 36.7 Å². The van der Waals surface area contributed by atoms with E-state index in [4.69, 9.17) is 11.6 Å². The van der Waals surface area contributed by atoms with Crippen molar-refractivity contribution in [2.75, 3.05) is 11.1 Å². The van der Waals surface area contributed by atoms with Gasteiger partial charge in [0.05, 0.1) is 28.1 Å². The number of amides is 1. The molecule has 27 heavy (non-hydrogen) atoms. The predicted molar refractivity (Wildman–Crippen MR) is 108 cm³/mol. The van der Waals surface area contributed by atoms with Crippen molar-refractivity contribution in [3.63, 3.8) is 0 Å². The van der Waals surface area contributed by atoms with Gasteiger partial charge in [0.15, 0.2) is 10.9 Å². The summed E-state index contributed by atoms with van der Waals surface area (Å²) in [5, 5.41) is 16.3. The molecule has 1 amide bonds. The number of hydrogen-bond acceptors (Lipinski definition) is 6. The van der Waals surface area contributed by atoms with Gasteiger partial charge >= 0.3 is 0 Å². The first kappa shape index (κ1) is 21.0. The number of Topliss-reactive ketones (excluding diaryl/α,β-unsaturated/α-hetero) is 1. The van der Waals surface area contributed by atoms with Gasteiger partial charge in [-0.05, 0) is 32.4 Å². The Labute approximate surface area is 168 Å². The molecule has 1 aliphatic heterocycles. The molecule has 1 aromatic heterocycles. The lowest BCUT2D eigenvalue weighted by Crippen LogP contribution is -2.28. The number of thioether (sulfide) groups is 1. The van der Waals surface area contributed by atoms with E-state index in [9.17, 15) is 14.9 Å². The first-order valence-electron chi connectivity index (χ1n) is 8.55. The molecule has 142 valence electrons. The van der Waals surface area contributed by atoms with E-state index >= 15 is 0 Å². The van der Waals surface area contributed by atoms with Crippen molar-refractivity contribution in [2.24, 2.45) is 5.92 Å². The van der Waals surface area contributed by atoms with Gasteiger partial charge in [-0.3, -0.25) is 9.59 Å². The second kappa shape index (κ2) is 9.58. The smallest absolute Gasteiger partial charge is 0.234 e. The third kappa shape index (κ3) is 5.12. The van der Waals surface area contributed by atoms with E-state index in [1.54, 1.807) is 12.1 Å². The van der Waals surface area contributed by atoms with Crippen molar-refractivity contribution >= 4 is 40.7 Å². The molecule has 0 fully saturated rings. The lowest BCUT2D eigenvalue weighted by molar-refractivity contribution is -0.114. The minimum Gasteiger partial charge on any atom is -0.353 e. The molecule has 1 unspecified atom stereocenters. The van der Waals surface area contributed by atoms with Crippen LogP contribution in [0.3, 0.4) is 0 Å². The molecule has 6 nitrogen and oxygen atoms in total. The highest BCUT2D eigenvalue weighted by molar-refractivity contribution is 8.03. The first-order chi connectivity index (χ1) is 12.9. The molecule has 1 aliphatic rings. The normalized spacial score (nSPS) is 16.6. The number of dihydropyridines is 1. The van der Waals surface area contributed by atoms with Gasteiger partial charge in [0.2, 0.25) is 5.91 Å². The molecule has 2 N–H and O–H groups in total. The molecule has 0 aliphatic carbocycles. The minimum atomic E-state index is -0.257. The maximum atomic E-state index is 12.2. The lowest BCUT2D eigenvalue weighted by atomic mass is 9.83. The summed E-state index contributed by atoms with van der Waals surface area (Å²) in [6.07, 6.45) is 3.09. The van der Waals surface area contributed by atoms with Crippen molar-refractivity contribution in [2.45, 2.75) is 33.6 Å². The zero-order valence-corrected chi connectivity index (χ0v) is 17.0. The maximum Gasteiger partial charge on any atom is 0.234 e. The number of halogens is 1. The van der Waals surface area contributed by atoms with Crippen LogP contribution < -0.4 is 10.6 Å². The van der Waals surface area contributed by atoms with Crippen LogP contribution in [0.1, 0.15) is 33.6 Å². The summed E-state index contributed by atoms with van der Waals surface area (Å²) in [5.74, 6) is -0.441. The zero-order valence-electron chi connectivity index (χ0n) is 15.4. The van der Waals surface area contributed by atoms with Crippen LogP contribution >= 0.6 is 23.4 Å². The second-order valence-electron chi connectivity index (χ2n) is 6.09. The number of nitriles is 1. The fraction of sp³-hybridized carbons (Fsp3) is 0.368. The predicted octanol–water partition coefficient (Wildman–Crippen LogP) is 4.02. The quantitative estimate of drug-likeness (QED) is 0.666. The summed E-state index contributed by atoms with van der Waals surface area (Å²) in [5.41, 5.74) is 2.32. The van der Waals surface area contributed by atoms with E-state index in [2.05, 4.69) is 21.7 Å². The molecule has 0 bridgehead atoms. The van der Waals surface area contributed by atoms with Crippen LogP contribution in [0.5, 0.6) is 0 Å². The van der Waals surface area contributed by atoms with E-state index in [1.807, 2.05) is 13.8 Å². The third-order valence-corrected chi connectivity index (χ3v) is 5.42. The van der Waals surface area contributed by atoms with Crippen LogP contribution in [0.15, 0.2) is 40.2 Å². The van der Waals surface area contributed by atoms with Gasteiger partial charge in [-0.15, -0.1) is 0 Å².